The molecule has 26 heavy (non-hydrogen) atoms. The molecule has 138 valence electrons. The van der Waals surface area contributed by atoms with E-state index in [1.165, 1.54) is 23.6 Å². The van der Waals surface area contributed by atoms with Crippen LogP contribution in [0.5, 0.6) is 11.5 Å². The van der Waals surface area contributed by atoms with Crippen LogP contribution < -0.4 is 14.2 Å². The maximum Gasteiger partial charge on any atom is 0.349 e. The Kier molecular flexibility index (Phi) is 4.74. The summed E-state index contributed by atoms with van der Waals surface area (Å²) in [4.78, 5) is 22.8. The molecule has 3 rings (SSSR count). The number of hydrogen-bond donors (Lipinski definition) is 2. The molecular weight excluding hydrogens is 386 g/mol. The third kappa shape index (κ3) is 3.30. The summed E-state index contributed by atoms with van der Waals surface area (Å²) in [7, 11) is -3.10. The van der Waals surface area contributed by atoms with Crippen molar-refractivity contribution in [2.24, 2.45) is 0 Å². The van der Waals surface area contributed by atoms with Crippen molar-refractivity contribution in [1.82, 2.24) is 0 Å². The molecule has 2 N–H and O–H groups in total. The van der Waals surface area contributed by atoms with Gasteiger partial charge in [-0.2, -0.15) is 0 Å². The van der Waals surface area contributed by atoms with Crippen LogP contribution >= 0.6 is 11.3 Å². The number of hydrogen-bond acceptors (Lipinski definition) is 8. The number of rotatable bonds is 5. The van der Waals surface area contributed by atoms with Crippen LogP contribution in [0, 0.1) is 0 Å². The van der Waals surface area contributed by atoms with Gasteiger partial charge in [0, 0.05) is 12.1 Å². The zero-order chi connectivity index (χ0) is 18.9. The molecular formula is C15H13NO8S2. The van der Waals surface area contributed by atoms with Crippen molar-refractivity contribution >= 4 is 39.0 Å². The summed E-state index contributed by atoms with van der Waals surface area (Å²) in [5.74, 6) is -1.72. The summed E-state index contributed by atoms with van der Waals surface area (Å²) in [6.07, 6.45) is 0. The maximum atomic E-state index is 12.7. The van der Waals surface area contributed by atoms with Crippen LogP contribution in [0.2, 0.25) is 0 Å². The normalized spacial score (nSPS) is 13.1. The van der Waals surface area contributed by atoms with Gasteiger partial charge in [-0.3, -0.25) is 4.72 Å². The number of benzene rings is 1. The number of carboxylic acid groups (broad SMARTS) is 1. The van der Waals surface area contributed by atoms with Gasteiger partial charge in [-0.25, -0.2) is 18.0 Å². The van der Waals surface area contributed by atoms with E-state index in [1.807, 2.05) is 0 Å². The lowest BCUT2D eigenvalue weighted by Gasteiger charge is -2.20. The second kappa shape index (κ2) is 6.84. The average molecular weight is 399 g/mol. The second-order valence-electron chi connectivity index (χ2n) is 5.06. The van der Waals surface area contributed by atoms with E-state index >= 15 is 0 Å². The van der Waals surface area contributed by atoms with E-state index in [9.17, 15) is 23.1 Å². The van der Waals surface area contributed by atoms with E-state index in [-0.39, 0.29) is 45.7 Å². The van der Waals surface area contributed by atoms with Gasteiger partial charge >= 0.3 is 11.9 Å². The monoisotopic (exact) mass is 399 g/mol. The molecule has 1 aliphatic rings. The van der Waals surface area contributed by atoms with Gasteiger partial charge in [0.2, 0.25) is 0 Å². The quantitative estimate of drug-likeness (QED) is 0.729. The smallest absolute Gasteiger partial charge is 0.349 e. The van der Waals surface area contributed by atoms with Crippen LogP contribution in [0.25, 0.3) is 0 Å². The van der Waals surface area contributed by atoms with Gasteiger partial charge in [0.1, 0.15) is 23.0 Å². The van der Waals surface area contributed by atoms with Crippen molar-refractivity contribution in [3.8, 4) is 11.5 Å². The van der Waals surface area contributed by atoms with E-state index in [1.54, 1.807) is 0 Å². The summed E-state index contributed by atoms with van der Waals surface area (Å²) in [5, 5.41) is 10.8. The van der Waals surface area contributed by atoms with Gasteiger partial charge in [-0.15, -0.1) is 11.3 Å². The molecule has 9 nitrogen and oxygen atoms in total. The van der Waals surface area contributed by atoms with Gasteiger partial charge in [-0.05, 0) is 11.4 Å². The molecule has 11 heteroatoms. The number of aromatic carboxylic acids is 1. The number of thiophene rings is 1. The maximum absolute atomic E-state index is 12.7. The van der Waals surface area contributed by atoms with Crippen LogP contribution in [-0.2, 0) is 14.8 Å². The van der Waals surface area contributed by atoms with Crippen molar-refractivity contribution < 1.29 is 37.3 Å². The number of anilines is 1. The number of esters is 1. The highest BCUT2D eigenvalue weighted by molar-refractivity contribution is 7.93. The molecule has 0 atom stereocenters. The molecule has 0 radical (unpaired) electrons. The van der Waals surface area contributed by atoms with E-state index in [4.69, 9.17) is 9.47 Å². The number of ether oxygens (including phenoxy) is 3. The molecule has 0 saturated carbocycles. The van der Waals surface area contributed by atoms with Gasteiger partial charge in [0.05, 0.1) is 18.4 Å². The Bertz CT molecular complexity index is 980. The minimum Gasteiger partial charge on any atom is -0.486 e. The van der Waals surface area contributed by atoms with Crippen molar-refractivity contribution in [2.45, 2.75) is 4.90 Å². The number of methoxy groups -OCH3 is 1. The molecule has 0 saturated heterocycles. The predicted molar refractivity (Wildman–Crippen MR) is 90.9 cm³/mol. The summed E-state index contributed by atoms with van der Waals surface area (Å²) in [6.45, 7) is 0.511. The highest BCUT2D eigenvalue weighted by Gasteiger charge is 2.27. The summed E-state index contributed by atoms with van der Waals surface area (Å²) >= 11 is 0.898. The Morgan fingerprint density at radius 2 is 1.88 bits per heavy atom. The number of sulfonamides is 1. The Balaban J connectivity index is 2.04. The number of carbonyl (C=O) groups excluding carboxylic acids is 1. The molecule has 2 heterocycles. The molecule has 0 bridgehead atoms. The fourth-order valence-corrected chi connectivity index (χ4v) is 4.71. The molecule has 0 amide bonds. The van der Waals surface area contributed by atoms with Gasteiger partial charge in [0.15, 0.2) is 11.5 Å². The van der Waals surface area contributed by atoms with Crippen molar-refractivity contribution in [3.05, 3.63) is 34.0 Å². The third-order valence-electron chi connectivity index (χ3n) is 3.45. The fraction of sp³-hybridized carbons (Fsp3) is 0.200. The first-order valence-electron chi connectivity index (χ1n) is 7.19. The zero-order valence-electron chi connectivity index (χ0n) is 13.3. The lowest BCUT2D eigenvalue weighted by molar-refractivity contribution is 0.0601. The van der Waals surface area contributed by atoms with Crippen molar-refractivity contribution in [3.63, 3.8) is 0 Å². The second-order valence-corrected chi connectivity index (χ2v) is 7.62. The average Bonchev–Trinajstić information content (AvgIpc) is 3.10. The van der Waals surface area contributed by atoms with Crippen LogP contribution in [0.1, 0.15) is 20.0 Å². The van der Waals surface area contributed by atoms with Crippen LogP contribution in [0.4, 0.5) is 5.69 Å². The first-order valence-corrected chi connectivity index (χ1v) is 9.55. The number of nitrogens with one attached hydrogen (secondary N) is 1. The standard InChI is InChI=1S/C15H13NO8S2/c1-22-15(19)13-12(2-5-25-13)26(20,21)16-9-7-11-10(23-3-4-24-11)6-8(9)14(17)18/h2,5-7,16H,3-4H2,1H3,(H,17,18). The fourth-order valence-electron chi connectivity index (χ4n) is 2.30. The Hall–Kier alpha value is -2.79. The Labute approximate surface area is 152 Å². The minimum absolute atomic E-state index is 0.116. The van der Waals surface area contributed by atoms with Gasteiger partial charge in [0.25, 0.3) is 10.0 Å². The Morgan fingerprint density at radius 3 is 2.50 bits per heavy atom. The van der Waals surface area contributed by atoms with Crippen molar-refractivity contribution in [1.29, 1.82) is 0 Å². The third-order valence-corrected chi connectivity index (χ3v) is 5.88. The highest BCUT2D eigenvalue weighted by atomic mass is 32.2. The summed E-state index contributed by atoms with van der Waals surface area (Å²) in [6, 6.07) is 3.65. The van der Waals surface area contributed by atoms with Gasteiger partial charge < -0.3 is 19.3 Å². The highest BCUT2D eigenvalue weighted by Crippen LogP contribution is 2.37. The lowest BCUT2D eigenvalue weighted by atomic mass is 10.1. The molecule has 2 aromatic rings. The SMILES string of the molecule is COC(=O)c1sccc1S(=O)(=O)Nc1cc2c(cc1C(=O)O)OCCO2. The van der Waals surface area contributed by atoms with E-state index in [0.717, 1.165) is 18.4 Å². The lowest BCUT2D eigenvalue weighted by Crippen LogP contribution is -2.20. The molecule has 0 fully saturated rings. The molecule has 1 aromatic carbocycles. The number of fused-ring (bicyclic) bond motifs is 1. The zero-order valence-corrected chi connectivity index (χ0v) is 15.0. The van der Waals surface area contributed by atoms with Crippen LogP contribution in [0.15, 0.2) is 28.5 Å². The van der Waals surface area contributed by atoms with E-state index in [0.29, 0.717) is 0 Å². The van der Waals surface area contributed by atoms with Crippen molar-refractivity contribution in [2.75, 3.05) is 25.0 Å². The predicted octanol–water partition coefficient (Wildman–Crippen LogP) is 1.80. The summed E-state index contributed by atoms with van der Waals surface area (Å²) < 4.78 is 42.8. The Morgan fingerprint density at radius 1 is 1.23 bits per heavy atom. The molecule has 1 aliphatic heterocycles. The molecule has 1 aromatic heterocycles. The summed E-state index contributed by atoms with van der Waals surface area (Å²) in [5.41, 5.74) is -0.517. The molecule has 0 spiro atoms. The first-order chi connectivity index (χ1) is 12.3. The number of carbonyl (C=O) groups is 2. The molecule has 0 unspecified atom stereocenters. The first kappa shape index (κ1) is 18.0. The van der Waals surface area contributed by atoms with Crippen LogP contribution in [-0.4, -0.2) is 45.8 Å². The largest absolute Gasteiger partial charge is 0.486 e. The van der Waals surface area contributed by atoms with Crippen LogP contribution in [0.3, 0.4) is 0 Å². The number of carboxylic acids is 1. The van der Waals surface area contributed by atoms with Gasteiger partial charge in [-0.1, -0.05) is 0 Å². The minimum atomic E-state index is -4.24. The van der Waals surface area contributed by atoms with E-state index < -0.39 is 22.0 Å². The van der Waals surface area contributed by atoms with E-state index in [2.05, 4.69) is 9.46 Å². The molecule has 0 aliphatic carbocycles. The topological polar surface area (TPSA) is 128 Å².